The van der Waals surface area contributed by atoms with E-state index in [1.54, 1.807) is 0 Å². The van der Waals surface area contributed by atoms with E-state index in [4.69, 9.17) is 41.9 Å². The molecule has 0 radical (unpaired) electrons. The summed E-state index contributed by atoms with van der Waals surface area (Å²) in [6, 6.07) is -2.48. The van der Waals surface area contributed by atoms with E-state index >= 15 is 0 Å². The molecule has 30 heavy (non-hydrogen) atoms. The van der Waals surface area contributed by atoms with Gasteiger partial charge in [0.1, 0.15) is 42.9 Å². The van der Waals surface area contributed by atoms with Gasteiger partial charge in [0.25, 0.3) is 0 Å². The molecule has 0 bridgehead atoms. The van der Waals surface area contributed by atoms with Crippen LogP contribution in [0.15, 0.2) is 11.8 Å². The molecular formula is C17H32N4O9. The van der Waals surface area contributed by atoms with Gasteiger partial charge in [0.15, 0.2) is 6.29 Å². The fourth-order valence-electron chi connectivity index (χ4n) is 3.88. The predicted octanol–water partition coefficient (Wildman–Crippen LogP) is -5.50. The zero-order valence-electron chi connectivity index (χ0n) is 16.3. The Morgan fingerprint density at radius 2 is 1.60 bits per heavy atom. The Hall–Kier alpha value is -0.940. The summed E-state index contributed by atoms with van der Waals surface area (Å²) in [5, 5.41) is 50.2. The zero-order valence-corrected chi connectivity index (χ0v) is 16.3. The average molecular weight is 436 g/mol. The molecule has 1 aliphatic carbocycles. The maximum absolute atomic E-state index is 10.6. The van der Waals surface area contributed by atoms with Crippen molar-refractivity contribution >= 4 is 0 Å². The first-order chi connectivity index (χ1) is 14.2. The number of ether oxygens (including phenoxy) is 4. The second-order valence-electron chi connectivity index (χ2n) is 7.86. The third kappa shape index (κ3) is 4.62. The minimum atomic E-state index is -1.42. The van der Waals surface area contributed by atoms with E-state index in [1.807, 2.05) is 0 Å². The van der Waals surface area contributed by atoms with Crippen LogP contribution in [-0.2, 0) is 18.9 Å². The molecule has 1 saturated heterocycles. The van der Waals surface area contributed by atoms with Crippen molar-refractivity contribution in [1.29, 1.82) is 0 Å². The van der Waals surface area contributed by atoms with Crippen molar-refractivity contribution in [3.05, 3.63) is 11.8 Å². The van der Waals surface area contributed by atoms with Gasteiger partial charge in [-0.2, -0.15) is 0 Å². The maximum atomic E-state index is 10.6. The summed E-state index contributed by atoms with van der Waals surface area (Å²) in [6.07, 6.45) is -9.20. The third-order valence-corrected chi connectivity index (χ3v) is 5.69. The fourth-order valence-corrected chi connectivity index (χ4v) is 3.88. The summed E-state index contributed by atoms with van der Waals surface area (Å²) in [4.78, 5) is 0. The van der Waals surface area contributed by atoms with Crippen LogP contribution in [0.25, 0.3) is 0 Å². The summed E-state index contributed by atoms with van der Waals surface area (Å²) < 4.78 is 22.5. The van der Waals surface area contributed by atoms with Crippen molar-refractivity contribution in [2.24, 2.45) is 22.9 Å². The van der Waals surface area contributed by atoms with Crippen molar-refractivity contribution in [2.45, 2.75) is 79.9 Å². The molecule has 2 aliphatic heterocycles. The molecule has 12 atom stereocenters. The van der Waals surface area contributed by atoms with Crippen LogP contribution < -0.4 is 22.9 Å². The smallest absolute Gasteiger partial charge is 0.218 e. The van der Waals surface area contributed by atoms with Crippen LogP contribution in [0.4, 0.5) is 0 Å². The SMILES string of the molecule is NC[C@H]1O[C@@H](OC2C(O)[C@H](N)CC(N)[C@H]2O[C@H]2OC(CO)=CC(O)C2N)C(O)C1O. The van der Waals surface area contributed by atoms with Crippen molar-refractivity contribution in [3.63, 3.8) is 0 Å². The minimum absolute atomic E-state index is 0.0524. The highest BCUT2D eigenvalue weighted by Gasteiger charge is 2.50. The van der Waals surface area contributed by atoms with Gasteiger partial charge in [-0.15, -0.1) is 0 Å². The lowest BCUT2D eigenvalue weighted by Crippen LogP contribution is -2.65. The Kier molecular flexibility index (Phi) is 7.66. The fraction of sp³-hybridized carbons (Fsp3) is 0.882. The van der Waals surface area contributed by atoms with Crippen LogP contribution in [0.3, 0.4) is 0 Å². The summed E-state index contributed by atoms with van der Waals surface area (Å²) >= 11 is 0. The van der Waals surface area contributed by atoms with Crippen molar-refractivity contribution in [3.8, 4) is 0 Å². The number of aliphatic hydroxyl groups is 5. The Labute approximate surface area is 173 Å². The van der Waals surface area contributed by atoms with E-state index in [-0.39, 0.29) is 18.7 Å². The van der Waals surface area contributed by atoms with Gasteiger partial charge < -0.3 is 67.4 Å². The van der Waals surface area contributed by atoms with Gasteiger partial charge in [-0.3, -0.25) is 0 Å². The summed E-state index contributed by atoms with van der Waals surface area (Å²) in [6.45, 7) is -0.530. The van der Waals surface area contributed by atoms with Crippen LogP contribution in [0.1, 0.15) is 6.42 Å². The largest absolute Gasteiger partial charge is 0.465 e. The Morgan fingerprint density at radius 3 is 2.20 bits per heavy atom. The van der Waals surface area contributed by atoms with E-state index in [9.17, 15) is 25.5 Å². The third-order valence-electron chi connectivity index (χ3n) is 5.69. The molecule has 0 amide bonds. The summed E-state index contributed by atoms with van der Waals surface area (Å²) in [7, 11) is 0. The molecule has 13 N–H and O–H groups in total. The van der Waals surface area contributed by atoms with E-state index < -0.39 is 80.0 Å². The van der Waals surface area contributed by atoms with Crippen LogP contribution in [0.5, 0.6) is 0 Å². The molecule has 7 unspecified atom stereocenters. The van der Waals surface area contributed by atoms with Gasteiger partial charge in [0.2, 0.25) is 6.29 Å². The van der Waals surface area contributed by atoms with Gasteiger partial charge in [-0.05, 0) is 12.5 Å². The lowest BCUT2D eigenvalue weighted by molar-refractivity contribution is -0.275. The molecule has 2 fully saturated rings. The Balaban J connectivity index is 1.77. The second-order valence-corrected chi connectivity index (χ2v) is 7.86. The monoisotopic (exact) mass is 436 g/mol. The lowest BCUT2D eigenvalue weighted by Gasteiger charge is -2.45. The molecule has 3 aliphatic rings. The van der Waals surface area contributed by atoms with Crippen LogP contribution in [-0.4, -0.2) is 112 Å². The molecule has 0 aromatic rings. The molecule has 1 saturated carbocycles. The number of hydrogen-bond donors (Lipinski definition) is 9. The highest BCUT2D eigenvalue weighted by Crippen LogP contribution is 2.31. The molecule has 13 heteroatoms. The van der Waals surface area contributed by atoms with E-state index in [0.29, 0.717) is 0 Å². The zero-order chi connectivity index (χ0) is 22.2. The highest BCUT2D eigenvalue weighted by atomic mass is 16.7. The van der Waals surface area contributed by atoms with Gasteiger partial charge in [-0.25, -0.2) is 0 Å². The first-order valence-electron chi connectivity index (χ1n) is 9.81. The average Bonchev–Trinajstić information content (AvgIpc) is 2.99. The van der Waals surface area contributed by atoms with Crippen LogP contribution >= 0.6 is 0 Å². The second kappa shape index (κ2) is 9.68. The van der Waals surface area contributed by atoms with Crippen molar-refractivity contribution in [2.75, 3.05) is 13.2 Å². The van der Waals surface area contributed by atoms with Gasteiger partial charge >= 0.3 is 0 Å². The minimum Gasteiger partial charge on any atom is -0.465 e. The number of aliphatic hydroxyl groups excluding tert-OH is 5. The molecule has 174 valence electrons. The van der Waals surface area contributed by atoms with Crippen LogP contribution in [0.2, 0.25) is 0 Å². The first kappa shape index (κ1) is 23.7. The van der Waals surface area contributed by atoms with Crippen LogP contribution in [0, 0.1) is 0 Å². The number of rotatable bonds is 6. The lowest BCUT2D eigenvalue weighted by atomic mass is 9.84. The molecule has 2 heterocycles. The number of nitrogens with two attached hydrogens (primary N) is 4. The first-order valence-corrected chi connectivity index (χ1v) is 9.81. The van der Waals surface area contributed by atoms with E-state index in [0.717, 1.165) is 0 Å². The van der Waals surface area contributed by atoms with Gasteiger partial charge in [0, 0.05) is 18.6 Å². The van der Waals surface area contributed by atoms with Gasteiger partial charge in [0.05, 0.1) is 18.2 Å². The number of hydrogen-bond acceptors (Lipinski definition) is 13. The Morgan fingerprint density at radius 1 is 0.933 bits per heavy atom. The maximum Gasteiger partial charge on any atom is 0.218 e. The molecule has 0 spiro atoms. The predicted molar refractivity (Wildman–Crippen MR) is 100 cm³/mol. The quantitative estimate of drug-likeness (QED) is 0.189. The summed E-state index contributed by atoms with van der Waals surface area (Å²) in [5.41, 5.74) is 23.6. The van der Waals surface area contributed by atoms with Crippen molar-refractivity contribution < 1.29 is 44.5 Å². The molecule has 3 rings (SSSR count). The topological polar surface area (TPSA) is 242 Å². The standard InChI is InChI=1S/C17H32N4O9/c18-3-9-12(25)13(26)17(28-9)30-15-11(24)6(19)2-7(20)14(15)29-16-10(21)8(23)1-5(4-22)27-16/h1,6-17,22-26H,2-4,18-21H2/t6-,7?,8?,9-,10?,11?,12?,13?,14-,15?,16-,17+/m1/s1. The van der Waals surface area contributed by atoms with E-state index in [2.05, 4.69) is 0 Å². The molecule has 0 aromatic carbocycles. The molecular weight excluding hydrogens is 404 g/mol. The van der Waals surface area contributed by atoms with E-state index in [1.165, 1.54) is 6.08 Å². The highest BCUT2D eigenvalue weighted by molar-refractivity contribution is 5.07. The normalized spacial score (nSPS) is 49.6. The molecule has 13 nitrogen and oxygen atoms in total. The van der Waals surface area contributed by atoms with Crippen molar-refractivity contribution in [1.82, 2.24) is 0 Å². The van der Waals surface area contributed by atoms with Gasteiger partial charge in [-0.1, -0.05) is 0 Å². The molecule has 0 aromatic heterocycles. The summed E-state index contributed by atoms with van der Waals surface area (Å²) in [5.74, 6) is 0.0664. The Bertz CT molecular complexity index is 614.